The third kappa shape index (κ3) is 4.26. The van der Waals surface area contributed by atoms with Crippen molar-refractivity contribution in [2.24, 2.45) is 5.73 Å². The average molecular weight is 334 g/mol. The Bertz CT molecular complexity index is 651. The van der Waals surface area contributed by atoms with Crippen molar-refractivity contribution >= 4 is 24.9 Å². The highest BCUT2D eigenvalue weighted by atomic mass is 16.5. The molecule has 0 fully saturated rings. The first kappa shape index (κ1) is 17.8. The zero-order valence-electron chi connectivity index (χ0n) is 13.3. The Morgan fingerprint density at radius 1 is 1.42 bits per heavy atom. The highest BCUT2D eigenvalue weighted by Gasteiger charge is 2.37. The van der Waals surface area contributed by atoms with Gasteiger partial charge < -0.3 is 25.5 Å². The first-order chi connectivity index (χ1) is 11.4. The summed E-state index contributed by atoms with van der Waals surface area (Å²) in [6.45, 7) is 1.92. The summed E-state index contributed by atoms with van der Waals surface area (Å²) in [6, 6.07) is 4.97. The molecule has 8 nitrogen and oxygen atoms in total. The molecule has 0 radical (unpaired) electrons. The second kappa shape index (κ2) is 7.82. The van der Waals surface area contributed by atoms with Crippen LogP contribution in [0, 0.1) is 0 Å². The Labute approximate surface area is 139 Å². The van der Waals surface area contributed by atoms with Crippen molar-refractivity contribution in [2.75, 3.05) is 6.61 Å². The third-order valence-electron chi connectivity index (χ3n) is 3.56. The van der Waals surface area contributed by atoms with Gasteiger partial charge >= 0.3 is 13.1 Å². The number of carbonyl (C=O) groups excluding carboxylic acids is 3. The molecule has 0 spiro atoms. The van der Waals surface area contributed by atoms with Crippen molar-refractivity contribution in [1.29, 1.82) is 0 Å². The minimum absolute atomic E-state index is 0.0612. The van der Waals surface area contributed by atoms with Gasteiger partial charge in [-0.1, -0.05) is 12.1 Å². The monoisotopic (exact) mass is 334 g/mol. The van der Waals surface area contributed by atoms with Crippen molar-refractivity contribution in [2.45, 2.75) is 32.1 Å². The number of para-hydroxylation sites is 1. The van der Waals surface area contributed by atoms with Crippen molar-refractivity contribution < 1.29 is 28.8 Å². The van der Waals surface area contributed by atoms with Gasteiger partial charge in [0.2, 0.25) is 11.8 Å². The molecule has 1 unspecified atom stereocenters. The maximum Gasteiger partial charge on any atom is 0.547 e. The maximum atomic E-state index is 11.9. The highest BCUT2D eigenvalue weighted by molar-refractivity contribution is 6.47. The predicted molar refractivity (Wildman–Crippen MR) is 85.1 cm³/mol. The standard InChI is InChI=1S/C15H19BN2O6/c1-2-23-15(21)10-5-3-4-9-8-11(16(22)24-14(9)10)18-13(20)7-6-12(17)19/h3-5,11,22H,2,6-8H2,1H3,(H2,17,19)(H,18,20). The van der Waals surface area contributed by atoms with Gasteiger partial charge in [0.1, 0.15) is 11.3 Å². The van der Waals surface area contributed by atoms with Crippen LogP contribution in [0.4, 0.5) is 0 Å². The quantitative estimate of drug-likeness (QED) is 0.478. The Morgan fingerprint density at radius 2 is 2.17 bits per heavy atom. The summed E-state index contributed by atoms with van der Waals surface area (Å²) in [6.07, 6.45) is 0.152. The molecule has 1 aliphatic rings. The van der Waals surface area contributed by atoms with Crippen LogP contribution in [0.5, 0.6) is 5.75 Å². The second-order valence-electron chi connectivity index (χ2n) is 5.37. The summed E-state index contributed by atoms with van der Waals surface area (Å²) in [5.74, 6) is -1.95. The average Bonchev–Trinajstić information content (AvgIpc) is 2.53. The second-order valence-corrected chi connectivity index (χ2v) is 5.37. The summed E-state index contributed by atoms with van der Waals surface area (Å²) in [5, 5.41) is 12.7. The van der Waals surface area contributed by atoms with E-state index in [9.17, 15) is 19.4 Å². The fourth-order valence-corrected chi connectivity index (χ4v) is 2.43. The van der Waals surface area contributed by atoms with Gasteiger partial charge in [-0.15, -0.1) is 0 Å². The zero-order chi connectivity index (χ0) is 17.7. The largest absolute Gasteiger partial charge is 0.547 e. The molecular formula is C15H19BN2O6. The molecule has 1 atom stereocenters. The van der Waals surface area contributed by atoms with E-state index in [4.69, 9.17) is 15.1 Å². The summed E-state index contributed by atoms with van der Waals surface area (Å²) in [7, 11) is -1.31. The molecule has 1 heterocycles. The van der Waals surface area contributed by atoms with Gasteiger partial charge in [0, 0.05) is 12.8 Å². The van der Waals surface area contributed by atoms with Crippen LogP contribution in [0.3, 0.4) is 0 Å². The number of carbonyl (C=O) groups is 3. The summed E-state index contributed by atoms with van der Waals surface area (Å²) < 4.78 is 10.4. The van der Waals surface area contributed by atoms with Gasteiger partial charge in [0.05, 0.1) is 12.5 Å². The van der Waals surface area contributed by atoms with E-state index in [1.165, 1.54) is 0 Å². The first-order valence-corrected chi connectivity index (χ1v) is 7.63. The normalized spacial score (nSPS) is 15.9. The maximum absolute atomic E-state index is 11.9. The number of primary amides is 1. The van der Waals surface area contributed by atoms with Crippen molar-refractivity contribution in [1.82, 2.24) is 5.32 Å². The van der Waals surface area contributed by atoms with E-state index in [0.717, 1.165) is 0 Å². The van der Waals surface area contributed by atoms with Crippen LogP contribution >= 0.6 is 0 Å². The minimum Gasteiger partial charge on any atom is -0.534 e. The number of fused-ring (bicyclic) bond motifs is 1. The molecule has 9 heteroatoms. The van der Waals surface area contributed by atoms with E-state index < -0.39 is 30.8 Å². The van der Waals surface area contributed by atoms with Crippen LogP contribution in [-0.4, -0.2) is 42.5 Å². The van der Waals surface area contributed by atoms with Gasteiger partial charge in [0.15, 0.2) is 0 Å². The molecule has 1 aliphatic heterocycles. The lowest BCUT2D eigenvalue weighted by atomic mass is 9.72. The van der Waals surface area contributed by atoms with E-state index in [0.29, 0.717) is 5.56 Å². The first-order valence-electron chi connectivity index (χ1n) is 7.63. The molecule has 0 bridgehead atoms. The molecule has 0 aromatic heterocycles. The molecule has 2 amide bonds. The molecule has 0 aliphatic carbocycles. The van der Waals surface area contributed by atoms with Gasteiger partial charge in [-0.3, -0.25) is 9.59 Å². The molecular weight excluding hydrogens is 315 g/mol. The molecule has 0 saturated carbocycles. The molecule has 2 rings (SSSR count). The third-order valence-corrected chi connectivity index (χ3v) is 3.56. The van der Waals surface area contributed by atoms with Crippen molar-refractivity contribution in [3.63, 3.8) is 0 Å². The molecule has 0 saturated heterocycles. The number of nitrogens with one attached hydrogen (secondary N) is 1. The van der Waals surface area contributed by atoms with E-state index in [1.807, 2.05) is 0 Å². The van der Waals surface area contributed by atoms with Gasteiger partial charge in [0.25, 0.3) is 0 Å². The number of ether oxygens (including phenoxy) is 1. The molecule has 24 heavy (non-hydrogen) atoms. The van der Waals surface area contributed by atoms with E-state index in [1.54, 1.807) is 25.1 Å². The van der Waals surface area contributed by atoms with Crippen LogP contribution in [0.25, 0.3) is 0 Å². The lowest BCUT2D eigenvalue weighted by Crippen LogP contribution is -2.53. The van der Waals surface area contributed by atoms with Crippen LogP contribution < -0.4 is 15.7 Å². The Morgan fingerprint density at radius 3 is 2.83 bits per heavy atom. The molecule has 1 aromatic rings. The number of esters is 1. The van der Waals surface area contributed by atoms with Crippen molar-refractivity contribution in [3.8, 4) is 5.75 Å². The number of rotatable bonds is 6. The molecule has 1 aromatic carbocycles. The van der Waals surface area contributed by atoms with Gasteiger partial charge in [-0.25, -0.2) is 4.79 Å². The minimum atomic E-state index is -1.31. The van der Waals surface area contributed by atoms with E-state index in [2.05, 4.69) is 5.32 Å². The molecule has 4 N–H and O–H groups in total. The number of hydrogen-bond donors (Lipinski definition) is 3. The highest BCUT2D eigenvalue weighted by Crippen LogP contribution is 2.30. The number of nitrogens with two attached hydrogens (primary N) is 1. The van der Waals surface area contributed by atoms with Crippen LogP contribution in [0.1, 0.15) is 35.7 Å². The topological polar surface area (TPSA) is 128 Å². The fraction of sp³-hybridized carbons (Fsp3) is 0.400. The van der Waals surface area contributed by atoms with E-state index >= 15 is 0 Å². The van der Waals surface area contributed by atoms with Crippen LogP contribution in [-0.2, 0) is 20.7 Å². The summed E-state index contributed by atoms with van der Waals surface area (Å²) in [5.41, 5.74) is 5.90. The van der Waals surface area contributed by atoms with Crippen molar-refractivity contribution in [3.05, 3.63) is 29.3 Å². The van der Waals surface area contributed by atoms with Crippen LogP contribution in [0.2, 0.25) is 0 Å². The Hall–Kier alpha value is -2.55. The smallest absolute Gasteiger partial charge is 0.534 e. The predicted octanol–water partition coefficient (Wildman–Crippen LogP) is -0.432. The summed E-state index contributed by atoms with van der Waals surface area (Å²) in [4.78, 5) is 34.4. The molecule has 128 valence electrons. The SMILES string of the molecule is CCOC(=O)c1cccc2c1OB(O)C(NC(=O)CCC(N)=O)C2. The Kier molecular flexibility index (Phi) is 5.80. The fourth-order valence-electron chi connectivity index (χ4n) is 2.43. The number of amides is 2. The van der Waals surface area contributed by atoms with Crippen LogP contribution in [0.15, 0.2) is 18.2 Å². The Balaban J connectivity index is 2.10. The number of benzene rings is 1. The van der Waals surface area contributed by atoms with E-state index in [-0.39, 0.29) is 37.2 Å². The lowest BCUT2D eigenvalue weighted by molar-refractivity contribution is -0.125. The zero-order valence-corrected chi connectivity index (χ0v) is 13.3. The summed E-state index contributed by atoms with van der Waals surface area (Å²) >= 11 is 0. The van der Waals surface area contributed by atoms with Gasteiger partial charge in [-0.2, -0.15) is 0 Å². The van der Waals surface area contributed by atoms with Gasteiger partial charge in [-0.05, 0) is 25.0 Å². The lowest BCUT2D eigenvalue weighted by Gasteiger charge is -2.29. The number of hydrogen-bond acceptors (Lipinski definition) is 6.